The summed E-state index contributed by atoms with van der Waals surface area (Å²) < 4.78 is 5.22. The first-order valence-corrected chi connectivity index (χ1v) is 11.7. The van der Waals surface area contributed by atoms with Crippen molar-refractivity contribution in [2.45, 2.75) is 51.6 Å². The van der Waals surface area contributed by atoms with Crippen LogP contribution in [0.1, 0.15) is 38.3 Å². The molecule has 1 atom stereocenters. The number of thioether (sulfide) groups is 1. The molecule has 0 heterocycles. The van der Waals surface area contributed by atoms with Gasteiger partial charge in [0.1, 0.15) is 11.8 Å². The quantitative estimate of drug-likeness (QED) is 0.514. The third-order valence-corrected chi connectivity index (χ3v) is 5.98. The van der Waals surface area contributed by atoms with Crippen molar-refractivity contribution >= 4 is 23.6 Å². The number of nitrogens with zero attached hydrogens (tertiary/aromatic N) is 1. The summed E-state index contributed by atoms with van der Waals surface area (Å²) in [6.07, 6.45) is 0.372. The van der Waals surface area contributed by atoms with E-state index in [-0.39, 0.29) is 11.8 Å². The Morgan fingerprint density at radius 2 is 1.68 bits per heavy atom. The Labute approximate surface area is 190 Å². The van der Waals surface area contributed by atoms with E-state index in [0.29, 0.717) is 31.2 Å². The number of nitrogens with one attached hydrogen (secondary N) is 1. The van der Waals surface area contributed by atoms with Crippen molar-refractivity contribution in [1.29, 1.82) is 0 Å². The monoisotopic (exact) mass is 442 g/mol. The van der Waals surface area contributed by atoms with Gasteiger partial charge in [0.2, 0.25) is 11.8 Å². The van der Waals surface area contributed by atoms with Crippen molar-refractivity contribution in [3.8, 4) is 5.75 Å². The fraction of sp³-hybridized carbons (Fsp3) is 0.440. The zero-order valence-electron chi connectivity index (χ0n) is 19.2. The topological polar surface area (TPSA) is 58.6 Å². The van der Waals surface area contributed by atoms with E-state index in [0.717, 1.165) is 16.2 Å². The van der Waals surface area contributed by atoms with Gasteiger partial charge in [-0.15, -0.1) is 11.8 Å². The largest absolute Gasteiger partial charge is 0.497 e. The Bertz CT molecular complexity index is 835. The number of hydrogen-bond acceptors (Lipinski definition) is 4. The lowest BCUT2D eigenvalue weighted by Crippen LogP contribution is -2.48. The van der Waals surface area contributed by atoms with E-state index in [4.69, 9.17) is 4.74 Å². The summed E-state index contributed by atoms with van der Waals surface area (Å²) in [6.45, 7) is 8.93. The molecule has 0 saturated carbocycles. The smallest absolute Gasteiger partial charge is 0.242 e. The van der Waals surface area contributed by atoms with E-state index < -0.39 is 6.04 Å². The number of methoxy groups -OCH3 is 1. The molecule has 0 fully saturated rings. The lowest BCUT2D eigenvalue weighted by molar-refractivity contribution is -0.140. The molecular formula is C25H34N2O3S. The SMILES string of the molecule is COc1ccc(CN(C(=O)CCSc2ccc(C)cc2)[C@@H](C)C(=O)NCC(C)C)cc1. The van der Waals surface area contributed by atoms with Crippen LogP contribution in [0.5, 0.6) is 5.75 Å². The van der Waals surface area contributed by atoms with E-state index in [1.165, 1.54) is 5.56 Å². The van der Waals surface area contributed by atoms with Crippen molar-refractivity contribution in [3.05, 3.63) is 59.7 Å². The maximum absolute atomic E-state index is 13.1. The lowest BCUT2D eigenvalue weighted by Gasteiger charge is -2.29. The zero-order chi connectivity index (χ0) is 22.8. The molecule has 0 aliphatic rings. The summed E-state index contributed by atoms with van der Waals surface area (Å²) in [5.41, 5.74) is 2.18. The van der Waals surface area contributed by atoms with Crippen LogP contribution in [0.3, 0.4) is 0 Å². The van der Waals surface area contributed by atoms with E-state index in [2.05, 4.69) is 36.5 Å². The zero-order valence-corrected chi connectivity index (χ0v) is 20.0. The van der Waals surface area contributed by atoms with Crippen LogP contribution in [-0.4, -0.2) is 42.2 Å². The van der Waals surface area contributed by atoms with E-state index in [9.17, 15) is 9.59 Å². The van der Waals surface area contributed by atoms with Gasteiger partial charge in [-0.2, -0.15) is 0 Å². The first kappa shape index (κ1) is 24.8. The lowest BCUT2D eigenvalue weighted by atomic mass is 10.1. The van der Waals surface area contributed by atoms with Crippen molar-refractivity contribution in [2.75, 3.05) is 19.4 Å². The average molecular weight is 443 g/mol. The number of hydrogen-bond donors (Lipinski definition) is 1. The first-order chi connectivity index (χ1) is 14.8. The average Bonchev–Trinajstić information content (AvgIpc) is 2.77. The van der Waals surface area contributed by atoms with Crippen LogP contribution in [0.15, 0.2) is 53.4 Å². The predicted octanol–water partition coefficient (Wildman–Crippen LogP) is 4.68. The molecule has 2 aromatic rings. The van der Waals surface area contributed by atoms with Crippen molar-refractivity contribution in [2.24, 2.45) is 5.92 Å². The Morgan fingerprint density at radius 1 is 1.03 bits per heavy atom. The maximum Gasteiger partial charge on any atom is 0.242 e. The number of carbonyl (C=O) groups excluding carboxylic acids is 2. The second-order valence-electron chi connectivity index (χ2n) is 8.10. The Kier molecular flexibility index (Phi) is 9.92. The number of benzene rings is 2. The van der Waals surface area contributed by atoms with Crippen LogP contribution < -0.4 is 10.1 Å². The minimum absolute atomic E-state index is 0.0253. The third-order valence-electron chi connectivity index (χ3n) is 4.97. The third kappa shape index (κ3) is 8.29. The van der Waals surface area contributed by atoms with E-state index >= 15 is 0 Å². The molecule has 31 heavy (non-hydrogen) atoms. The molecular weight excluding hydrogens is 408 g/mol. The van der Waals surface area contributed by atoms with Crippen LogP contribution in [-0.2, 0) is 16.1 Å². The summed E-state index contributed by atoms with van der Waals surface area (Å²) in [5, 5.41) is 2.95. The number of amides is 2. The van der Waals surface area contributed by atoms with E-state index in [1.807, 2.05) is 38.1 Å². The summed E-state index contributed by atoms with van der Waals surface area (Å²) >= 11 is 1.66. The highest BCUT2D eigenvalue weighted by atomic mass is 32.2. The summed E-state index contributed by atoms with van der Waals surface area (Å²) in [6, 6.07) is 15.3. The predicted molar refractivity (Wildman–Crippen MR) is 127 cm³/mol. The van der Waals surface area contributed by atoms with Gasteiger partial charge in [0.15, 0.2) is 0 Å². The Balaban J connectivity index is 2.05. The first-order valence-electron chi connectivity index (χ1n) is 10.7. The highest BCUT2D eigenvalue weighted by Crippen LogP contribution is 2.21. The van der Waals surface area contributed by atoms with Gasteiger partial charge in [-0.1, -0.05) is 43.7 Å². The standard InChI is InChI=1S/C25H34N2O3S/c1-18(2)16-26-25(29)20(4)27(17-21-8-10-22(30-5)11-9-21)24(28)14-15-31-23-12-6-19(3)7-13-23/h6-13,18,20H,14-17H2,1-5H3,(H,26,29)/t20-/m0/s1. The Morgan fingerprint density at radius 3 is 2.26 bits per heavy atom. The molecule has 2 amide bonds. The fourth-order valence-corrected chi connectivity index (χ4v) is 3.84. The van der Waals surface area contributed by atoms with Crippen LogP contribution >= 0.6 is 11.8 Å². The van der Waals surface area contributed by atoms with E-state index in [1.54, 1.807) is 30.7 Å². The normalized spacial score (nSPS) is 11.8. The van der Waals surface area contributed by atoms with Gasteiger partial charge in [-0.3, -0.25) is 9.59 Å². The van der Waals surface area contributed by atoms with Gasteiger partial charge >= 0.3 is 0 Å². The van der Waals surface area contributed by atoms with Crippen LogP contribution in [0.2, 0.25) is 0 Å². The number of carbonyl (C=O) groups is 2. The number of rotatable bonds is 11. The van der Waals surface area contributed by atoms with Gasteiger partial charge in [-0.05, 0) is 49.6 Å². The molecule has 168 valence electrons. The van der Waals surface area contributed by atoms with Gasteiger partial charge in [-0.25, -0.2) is 0 Å². The van der Waals surface area contributed by atoms with Crippen LogP contribution in [0, 0.1) is 12.8 Å². The maximum atomic E-state index is 13.1. The minimum atomic E-state index is -0.544. The van der Waals surface area contributed by atoms with Crippen molar-refractivity contribution in [1.82, 2.24) is 10.2 Å². The van der Waals surface area contributed by atoms with Crippen molar-refractivity contribution in [3.63, 3.8) is 0 Å². The molecule has 1 N–H and O–H groups in total. The minimum Gasteiger partial charge on any atom is -0.497 e. The Hall–Kier alpha value is -2.47. The van der Waals surface area contributed by atoms with Crippen molar-refractivity contribution < 1.29 is 14.3 Å². The highest BCUT2D eigenvalue weighted by molar-refractivity contribution is 7.99. The molecule has 0 unspecified atom stereocenters. The summed E-state index contributed by atoms with van der Waals surface area (Å²) in [7, 11) is 1.62. The van der Waals surface area contributed by atoms with Crippen LogP contribution in [0.25, 0.3) is 0 Å². The fourth-order valence-electron chi connectivity index (χ4n) is 3.00. The number of aryl methyl sites for hydroxylation is 1. The van der Waals surface area contributed by atoms with Gasteiger partial charge in [0, 0.05) is 30.2 Å². The highest BCUT2D eigenvalue weighted by Gasteiger charge is 2.26. The number of ether oxygens (including phenoxy) is 1. The molecule has 0 radical (unpaired) electrons. The summed E-state index contributed by atoms with van der Waals surface area (Å²) in [5.74, 6) is 1.64. The molecule has 2 aromatic carbocycles. The molecule has 0 spiro atoms. The molecule has 5 nitrogen and oxygen atoms in total. The van der Waals surface area contributed by atoms with Gasteiger partial charge in [0.05, 0.1) is 7.11 Å². The molecule has 0 saturated heterocycles. The van der Waals surface area contributed by atoms with Gasteiger partial charge in [0.25, 0.3) is 0 Å². The molecule has 0 bridgehead atoms. The van der Waals surface area contributed by atoms with Crippen LogP contribution in [0.4, 0.5) is 0 Å². The second-order valence-corrected chi connectivity index (χ2v) is 9.26. The molecule has 0 aromatic heterocycles. The summed E-state index contributed by atoms with van der Waals surface area (Å²) in [4.78, 5) is 28.6. The molecule has 0 aliphatic heterocycles. The second kappa shape index (κ2) is 12.4. The molecule has 0 aliphatic carbocycles. The molecule has 6 heteroatoms. The van der Waals surface area contributed by atoms with Gasteiger partial charge < -0.3 is 15.0 Å². The molecule has 2 rings (SSSR count).